The van der Waals surface area contributed by atoms with Crippen LogP contribution < -0.4 is 10.0 Å². The Hall–Kier alpha value is -1.76. The number of carbonyl (C=O) groups is 1. The summed E-state index contributed by atoms with van der Waals surface area (Å²) in [6.07, 6.45) is 0. The van der Waals surface area contributed by atoms with Crippen molar-refractivity contribution < 1.29 is 13.2 Å². The summed E-state index contributed by atoms with van der Waals surface area (Å²) in [5, 5.41) is 2.90. The maximum Gasteiger partial charge on any atom is 0.263 e. The summed E-state index contributed by atoms with van der Waals surface area (Å²) in [6, 6.07) is 10.5. The monoisotopic (exact) mass is 358 g/mol. The lowest BCUT2D eigenvalue weighted by molar-refractivity contribution is -0.114. The van der Waals surface area contributed by atoms with Crippen molar-refractivity contribution in [1.82, 2.24) is 0 Å². The molecule has 0 heterocycles. The number of amides is 1. The minimum Gasteiger partial charge on any atom is -0.326 e. The van der Waals surface area contributed by atoms with E-state index in [1.165, 1.54) is 31.2 Å². The van der Waals surface area contributed by atoms with Crippen LogP contribution in [-0.4, -0.2) is 14.3 Å². The fourth-order valence-electron chi connectivity index (χ4n) is 1.76. The van der Waals surface area contributed by atoms with Gasteiger partial charge in [0.1, 0.15) is 4.90 Å². The van der Waals surface area contributed by atoms with Gasteiger partial charge in [-0.25, -0.2) is 8.42 Å². The second-order valence-corrected chi connectivity index (χ2v) is 6.94. The van der Waals surface area contributed by atoms with Gasteiger partial charge in [0, 0.05) is 17.6 Å². The Morgan fingerprint density at radius 1 is 1.05 bits per heavy atom. The lowest BCUT2D eigenvalue weighted by atomic mass is 10.3. The highest BCUT2D eigenvalue weighted by molar-refractivity contribution is 7.92. The topological polar surface area (TPSA) is 75.3 Å². The van der Waals surface area contributed by atoms with Gasteiger partial charge in [-0.15, -0.1) is 0 Å². The van der Waals surface area contributed by atoms with Gasteiger partial charge in [0.15, 0.2) is 0 Å². The highest BCUT2D eigenvalue weighted by Gasteiger charge is 2.18. The van der Waals surface area contributed by atoms with Crippen molar-refractivity contribution in [3.8, 4) is 0 Å². The van der Waals surface area contributed by atoms with E-state index in [0.29, 0.717) is 11.4 Å². The van der Waals surface area contributed by atoms with E-state index in [4.69, 9.17) is 23.2 Å². The summed E-state index contributed by atoms with van der Waals surface area (Å²) < 4.78 is 27.1. The smallest absolute Gasteiger partial charge is 0.263 e. The van der Waals surface area contributed by atoms with E-state index in [1.54, 1.807) is 18.2 Å². The summed E-state index contributed by atoms with van der Waals surface area (Å²) >= 11 is 11.7. The quantitative estimate of drug-likeness (QED) is 0.873. The second kappa shape index (κ2) is 6.56. The van der Waals surface area contributed by atoms with Crippen molar-refractivity contribution in [2.75, 3.05) is 10.0 Å². The molecule has 0 aliphatic rings. The average Bonchev–Trinajstić information content (AvgIpc) is 2.40. The van der Waals surface area contributed by atoms with Crippen LogP contribution in [0.2, 0.25) is 10.0 Å². The van der Waals surface area contributed by atoms with Crippen molar-refractivity contribution in [2.45, 2.75) is 11.8 Å². The van der Waals surface area contributed by atoms with Gasteiger partial charge in [0.05, 0.1) is 10.7 Å². The van der Waals surface area contributed by atoms with Crippen LogP contribution in [0.15, 0.2) is 47.4 Å². The molecule has 2 rings (SSSR count). The maximum absolute atomic E-state index is 12.4. The summed E-state index contributed by atoms with van der Waals surface area (Å²) in [4.78, 5) is 10.9. The van der Waals surface area contributed by atoms with E-state index >= 15 is 0 Å². The van der Waals surface area contributed by atoms with Gasteiger partial charge in [-0.05, 0) is 36.4 Å². The predicted octanol–water partition coefficient (Wildman–Crippen LogP) is 3.75. The molecule has 0 bridgehead atoms. The normalized spacial score (nSPS) is 11.0. The van der Waals surface area contributed by atoms with Gasteiger partial charge in [0.2, 0.25) is 5.91 Å². The predicted molar refractivity (Wildman–Crippen MR) is 88.0 cm³/mol. The molecule has 2 N–H and O–H groups in total. The van der Waals surface area contributed by atoms with E-state index in [0.717, 1.165) is 0 Å². The Balaban J connectivity index is 2.33. The van der Waals surface area contributed by atoms with Crippen LogP contribution >= 0.6 is 23.2 Å². The van der Waals surface area contributed by atoms with Gasteiger partial charge >= 0.3 is 0 Å². The van der Waals surface area contributed by atoms with Gasteiger partial charge in [-0.3, -0.25) is 9.52 Å². The number of benzene rings is 2. The molecule has 0 saturated carbocycles. The van der Waals surface area contributed by atoms with Crippen molar-refractivity contribution >= 4 is 50.5 Å². The van der Waals surface area contributed by atoms with E-state index in [2.05, 4.69) is 10.0 Å². The Morgan fingerprint density at radius 2 is 1.73 bits per heavy atom. The van der Waals surface area contributed by atoms with E-state index in [9.17, 15) is 13.2 Å². The number of nitrogens with one attached hydrogen (secondary N) is 2. The van der Waals surface area contributed by atoms with Gasteiger partial charge in [-0.1, -0.05) is 29.3 Å². The van der Waals surface area contributed by atoms with Gasteiger partial charge in [0.25, 0.3) is 10.0 Å². The minimum atomic E-state index is -3.89. The van der Waals surface area contributed by atoms with E-state index in [-0.39, 0.29) is 20.8 Å². The molecule has 0 fully saturated rings. The van der Waals surface area contributed by atoms with Gasteiger partial charge in [-0.2, -0.15) is 0 Å². The zero-order valence-corrected chi connectivity index (χ0v) is 13.8. The third-order valence-electron chi connectivity index (χ3n) is 2.62. The molecule has 0 spiro atoms. The van der Waals surface area contributed by atoms with E-state index < -0.39 is 10.0 Å². The molecule has 8 heteroatoms. The molecule has 1 amide bonds. The number of hydrogen-bond donors (Lipinski definition) is 2. The zero-order valence-electron chi connectivity index (χ0n) is 11.4. The number of rotatable bonds is 4. The highest BCUT2D eigenvalue weighted by Crippen LogP contribution is 2.27. The van der Waals surface area contributed by atoms with Crippen LogP contribution in [0.5, 0.6) is 0 Å². The summed E-state index contributed by atoms with van der Waals surface area (Å²) in [6.45, 7) is 1.36. The molecular weight excluding hydrogens is 347 g/mol. The van der Waals surface area contributed by atoms with Crippen LogP contribution in [0.1, 0.15) is 6.92 Å². The van der Waals surface area contributed by atoms with E-state index in [1.807, 2.05) is 0 Å². The fraction of sp³-hybridized carbons (Fsp3) is 0.0714. The summed E-state index contributed by atoms with van der Waals surface area (Å²) in [5.41, 5.74) is 0.771. The molecule has 0 unspecified atom stereocenters. The maximum atomic E-state index is 12.4. The number of carbonyl (C=O) groups excluding carboxylic acids is 1. The summed E-state index contributed by atoms with van der Waals surface area (Å²) in [5.74, 6) is -0.252. The lowest BCUT2D eigenvalue weighted by Crippen LogP contribution is -2.14. The van der Waals surface area contributed by atoms with Crippen LogP contribution in [0, 0.1) is 0 Å². The zero-order chi connectivity index (χ0) is 16.3. The average molecular weight is 359 g/mol. The SMILES string of the molecule is CC(=O)Nc1cccc(NS(=O)(=O)c2cc(Cl)ccc2Cl)c1. The molecule has 0 aromatic heterocycles. The molecule has 0 aliphatic carbocycles. The number of hydrogen-bond acceptors (Lipinski definition) is 3. The van der Waals surface area contributed by atoms with Crippen LogP contribution in [0.25, 0.3) is 0 Å². The molecule has 2 aromatic carbocycles. The standard InChI is InChI=1S/C14H12Cl2N2O3S/c1-9(19)17-11-3-2-4-12(8-11)18-22(20,21)14-7-10(15)5-6-13(14)16/h2-8,18H,1H3,(H,17,19). The van der Waals surface area contributed by atoms with Crippen molar-refractivity contribution in [2.24, 2.45) is 0 Å². The second-order valence-electron chi connectivity index (χ2n) is 4.44. The molecule has 0 saturated heterocycles. The number of halogens is 2. The number of sulfonamides is 1. The third kappa shape index (κ3) is 4.13. The molecule has 116 valence electrons. The first-order valence-corrected chi connectivity index (χ1v) is 8.37. The molecular formula is C14H12Cl2N2O3S. The van der Waals surface area contributed by atoms with Crippen LogP contribution in [-0.2, 0) is 14.8 Å². The first-order valence-electron chi connectivity index (χ1n) is 6.13. The first-order chi connectivity index (χ1) is 10.3. The Labute approximate surface area is 138 Å². The fourth-order valence-corrected chi connectivity index (χ4v) is 3.57. The van der Waals surface area contributed by atoms with Crippen LogP contribution in [0.4, 0.5) is 11.4 Å². The summed E-state index contributed by atoms with van der Waals surface area (Å²) in [7, 11) is -3.89. The Bertz CT molecular complexity index is 823. The molecule has 0 atom stereocenters. The molecule has 5 nitrogen and oxygen atoms in total. The third-order valence-corrected chi connectivity index (χ3v) is 4.72. The molecule has 0 aliphatic heterocycles. The molecule has 22 heavy (non-hydrogen) atoms. The Morgan fingerprint density at radius 3 is 2.41 bits per heavy atom. The minimum absolute atomic E-state index is 0.0647. The van der Waals surface area contributed by atoms with Crippen LogP contribution in [0.3, 0.4) is 0 Å². The highest BCUT2D eigenvalue weighted by atomic mass is 35.5. The lowest BCUT2D eigenvalue weighted by Gasteiger charge is -2.11. The number of anilines is 2. The first kappa shape index (κ1) is 16.6. The molecule has 2 aromatic rings. The van der Waals surface area contributed by atoms with Gasteiger partial charge < -0.3 is 5.32 Å². The Kier molecular flexibility index (Phi) is 4.95. The largest absolute Gasteiger partial charge is 0.326 e. The van der Waals surface area contributed by atoms with Crippen molar-refractivity contribution in [3.63, 3.8) is 0 Å². The van der Waals surface area contributed by atoms with Crippen molar-refractivity contribution in [3.05, 3.63) is 52.5 Å². The van der Waals surface area contributed by atoms with Crippen molar-refractivity contribution in [1.29, 1.82) is 0 Å². The molecule has 0 radical (unpaired) electrons.